The molecule has 1 amide bonds. The number of amides is 1. The van der Waals surface area contributed by atoms with Crippen LogP contribution in [-0.4, -0.2) is 58.2 Å². The Morgan fingerprint density at radius 3 is 2.75 bits per heavy atom. The number of carbonyl (C=O) groups is 1. The molecule has 0 atom stereocenters. The third-order valence-electron chi connectivity index (χ3n) is 4.33. The molecular weight excluding hydrogens is 252 g/mol. The molecule has 1 saturated carbocycles. The van der Waals surface area contributed by atoms with Crippen molar-refractivity contribution in [3.05, 3.63) is 17.5 Å². The maximum atomic E-state index is 12.6. The van der Waals surface area contributed by atoms with Gasteiger partial charge >= 0.3 is 0 Å². The van der Waals surface area contributed by atoms with Gasteiger partial charge in [0, 0.05) is 39.4 Å². The second-order valence-corrected chi connectivity index (χ2v) is 6.19. The van der Waals surface area contributed by atoms with Crippen molar-refractivity contribution in [1.82, 2.24) is 19.6 Å². The summed E-state index contributed by atoms with van der Waals surface area (Å²) in [6, 6.07) is 0. The van der Waals surface area contributed by atoms with Crippen LogP contribution >= 0.6 is 0 Å². The highest BCUT2D eigenvalue weighted by atomic mass is 16.2. The van der Waals surface area contributed by atoms with Crippen molar-refractivity contribution in [2.24, 2.45) is 13.0 Å². The van der Waals surface area contributed by atoms with Crippen LogP contribution < -0.4 is 0 Å². The van der Waals surface area contributed by atoms with Crippen LogP contribution in [0, 0.1) is 12.8 Å². The molecule has 0 spiro atoms. The first-order valence-electron chi connectivity index (χ1n) is 7.65. The average Bonchev–Trinajstić information content (AvgIpc) is 3.18. The van der Waals surface area contributed by atoms with Crippen LogP contribution in [0.5, 0.6) is 0 Å². The molecular formula is C15H24N4O. The average molecular weight is 276 g/mol. The molecule has 2 fully saturated rings. The third-order valence-corrected chi connectivity index (χ3v) is 4.33. The van der Waals surface area contributed by atoms with Gasteiger partial charge in [-0.1, -0.05) is 0 Å². The van der Waals surface area contributed by atoms with Crippen molar-refractivity contribution < 1.29 is 4.79 Å². The maximum absolute atomic E-state index is 12.6. The van der Waals surface area contributed by atoms with E-state index in [1.54, 1.807) is 4.68 Å². The minimum atomic E-state index is 0.142. The Balaban J connectivity index is 1.62. The zero-order chi connectivity index (χ0) is 14.1. The molecule has 3 rings (SSSR count). The number of aryl methyl sites for hydroxylation is 2. The van der Waals surface area contributed by atoms with Crippen molar-refractivity contribution in [3.8, 4) is 0 Å². The number of hydrogen-bond donors (Lipinski definition) is 0. The van der Waals surface area contributed by atoms with Crippen molar-refractivity contribution in [2.45, 2.75) is 26.2 Å². The first kappa shape index (κ1) is 13.6. The lowest BCUT2D eigenvalue weighted by Crippen LogP contribution is -2.35. The number of rotatable bonds is 3. The molecule has 5 heteroatoms. The molecule has 2 heterocycles. The maximum Gasteiger partial charge on any atom is 0.257 e. The van der Waals surface area contributed by atoms with Crippen LogP contribution in [0.4, 0.5) is 0 Å². The van der Waals surface area contributed by atoms with Crippen molar-refractivity contribution in [3.63, 3.8) is 0 Å². The van der Waals surface area contributed by atoms with E-state index in [1.165, 1.54) is 19.4 Å². The third kappa shape index (κ3) is 3.03. The molecule has 0 bridgehead atoms. The summed E-state index contributed by atoms with van der Waals surface area (Å²) in [7, 11) is 1.86. The highest BCUT2D eigenvalue weighted by Crippen LogP contribution is 2.30. The minimum absolute atomic E-state index is 0.142. The minimum Gasteiger partial charge on any atom is -0.337 e. The number of nitrogens with zero attached hydrogens (tertiary/aromatic N) is 4. The standard InChI is InChI=1S/C15H24N4O/c1-12-14(11-17(2)16-12)15(20)19-7-3-6-18(8-9-19)10-13-4-5-13/h11,13H,3-10H2,1-2H3. The Bertz CT molecular complexity index is 492. The fraction of sp³-hybridized carbons (Fsp3) is 0.733. The van der Waals surface area contributed by atoms with Gasteiger partial charge in [-0.15, -0.1) is 0 Å². The smallest absolute Gasteiger partial charge is 0.257 e. The van der Waals surface area contributed by atoms with Crippen molar-refractivity contribution >= 4 is 5.91 Å². The van der Waals surface area contributed by atoms with E-state index in [1.807, 2.05) is 25.1 Å². The van der Waals surface area contributed by atoms with Gasteiger partial charge in [0.15, 0.2) is 0 Å². The molecule has 1 aliphatic heterocycles. The van der Waals surface area contributed by atoms with E-state index in [0.29, 0.717) is 0 Å². The number of hydrogen-bond acceptors (Lipinski definition) is 3. The molecule has 110 valence electrons. The van der Waals surface area contributed by atoms with Crippen LogP contribution in [0.15, 0.2) is 6.20 Å². The zero-order valence-corrected chi connectivity index (χ0v) is 12.5. The van der Waals surface area contributed by atoms with E-state index in [4.69, 9.17) is 0 Å². The lowest BCUT2D eigenvalue weighted by Gasteiger charge is -2.21. The quantitative estimate of drug-likeness (QED) is 0.835. The summed E-state index contributed by atoms with van der Waals surface area (Å²) in [5, 5.41) is 4.27. The van der Waals surface area contributed by atoms with Crippen LogP contribution in [0.1, 0.15) is 35.3 Å². The normalized spacial score (nSPS) is 21.0. The summed E-state index contributed by atoms with van der Waals surface area (Å²) in [6.07, 6.45) is 5.71. The fourth-order valence-electron chi connectivity index (χ4n) is 3.00. The Labute approximate surface area is 120 Å². The number of aromatic nitrogens is 2. The highest BCUT2D eigenvalue weighted by molar-refractivity contribution is 5.95. The van der Waals surface area contributed by atoms with Crippen LogP contribution in [0.3, 0.4) is 0 Å². The van der Waals surface area contributed by atoms with Gasteiger partial charge in [0.05, 0.1) is 11.3 Å². The summed E-state index contributed by atoms with van der Waals surface area (Å²) in [4.78, 5) is 17.1. The lowest BCUT2D eigenvalue weighted by atomic mass is 10.2. The summed E-state index contributed by atoms with van der Waals surface area (Å²) in [6.45, 7) is 7.00. The van der Waals surface area contributed by atoms with Gasteiger partial charge in [0.2, 0.25) is 0 Å². The second-order valence-electron chi connectivity index (χ2n) is 6.19. The van der Waals surface area contributed by atoms with E-state index >= 15 is 0 Å². The number of carbonyl (C=O) groups excluding carboxylic acids is 1. The van der Waals surface area contributed by atoms with Gasteiger partial charge in [-0.05, 0) is 38.6 Å². The molecule has 0 unspecified atom stereocenters. The Morgan fingerprint density at radius 1 is 1.30 bits per heavy atom. The van der Waals surface area contributed by atoms with Gasteiger partial charge in [0.1, 0.15) is 0 Å². The molecule has 5 nitrogen and oxygen atoms in total. The molecule has 1 saturated heterocycles. The lowest BCUT2D eigenvalue weighted by molar-refractivity contribution is 0.0760. The van der Waals surface area contributed by atoms with E-state index in [0.717, 1.165) is 49.8 Å². The fourth-order valence-corrected chi connectivity index (χ4v) is 3.00. The van der Waals surface area contributed by atoms with Crippen LogP contribution in [0.2, 0.25) is 0 Å². The summed E-state index contributed by atoms with van der Waals surface area (Å²) < 4.78 is 1.72. The Kier molecular flexibility index (Phi) is 3.78. The van der Waals surface area contributed by atoms with Crippen molar-refractivity contribution in [2.75, 3.05) is 32.7 Å². The summed E-state index contributed by atoms with van der Waals surface area (Å²) in [5.41, 5.74) is 1.58. The second kappa shape index (κ2) is 5.56. The Morgan fingerprint density at radius 2 is 2.10 bits per heavy atom. The topological polar surface area (TPSA) is 41.4 Å². The molecule has 20 heavy (non-hydrogen) atoms. The SMILES string of the molecule is Cc1nn(C)cc1C(=O)N1CCCN(CC2CC2)CC1. The summed E-state index contributed by atoms with van der Waals surface area (Å²) in [5.74, 6) is 1.07. The van der Waals surface area contributed by atoms with Gasteiger partial charge in [-0.2, -0.15) is 5.10 Å². The molecule has 1 aromatic heterocycles. The summed E-state index contributed by atoms with van der Waals surface area (Å²) >= 11 is 0. The van der Waals surface area contributed by atoms with Crippen LogP contribution in [0.25, 0.3) is 0 Å². The van der Waals surface area contributed by atoms with Gasteiger partial charge < -0.3 is 9.80 Å². The monoisotopic (exact) mass is 276 g/mol. The van der Waals surface area contributed by atoms with Gasteiger partial charge in [-0.3, -0.25) is 9.48 Å². The van der Waals surface area contributed by atoms with E-state index in [9.17, 15) is 4.79 Å². The van der Waals surface area contributed by atoms with Gasteiger partial charge in [-0.25, -0.2) is 0 Å². The first-order chi connectivity index (χ1) is 9.63. The predicted molar refractivity (Wildman–Crippen MR) is 77.6 cm³/mol. The molecule has 1 aliphatic carbocycles. The molecule has 0 aromatic carbocycles. The van der Waals surface area contributed by atoms with Gasteiger partial charge in [0.25, 0.3) is 5.91 Å². The highest BCUT2D eigenvalue weighted by Gasteiger charge is 2.27. The predicted octanol–water partition coefficient (Wildman–Crippen LogP) is 1.29. The van der Waals surface area contributed by atoms with E-state index in [2.05, 4.69) is 10.00 Å². The first-order valence-corrected chi connectivity index (χ1v) is 7.65. The van der Waals surface area contributed by atoms with Crippen LogP contribution in [-0.2, 0) is 7.05 Å². The zero-order valence-electron chi connectivity index (χ0n) is 12.5. The van der Waals surface area contributed by atoms with E-state index in [-0.39, 0.29) is 5.91 Å². The largest absolute Gasteiger partial charge is 0.337 e. The Hall–Kier alpha value is -1.36. The van der Waals surface area contributed by atoms with E-state index < -0.39 is 0 Å². The molecule has 2 aliphatic rings. The van der Waals surface area contributed by atoms with Crippen molar-refractivity contribution in [1.29, 1.82) is 0 Å². The molecule has 1 aromatic rings. The molecule has 0 N–H and O–H groups in total. The molecule has 0 radical (unpaired) electrons.